The maximum Gasteiger partial charge on any atom is 0.278 e. The lowest BCUT2D eigenvalue weighted by atomic mass is 9.81. The number of nitrogens with one attached hydrogen (secondary N) is 1. The van der Waals surface area contributed by atoms with Crippen molar-refractivity contribution in [2.75, 3.05) is 18.9 Å². The van der Waals surface area contributed by atoms with Crippen LogP contribution in [0.5, 0.6) is 0 Å². The Kier molecular flexibility index (Phi) is 5.59. The molecule has 0 saturated heterocycles. The Bertz CT molecular complexity index is 1830. The molecule has 0 bridgehead atoms. The van der Waals surface area contributed by atoms with Crippen molar-refractivity contribution in [1.29, 1.82) is 0 Å². The van der Waals surface area contributed by atoms with E-state index < -0.39 is 5.60 Å². The van der Waals surface area contributed by atoms with E-state index >= 15 is 0 Å². The Hall–Kier alpha value is -3.82. The third-order valence-electron chi connectivity index (χ3n) is 9.91. The quantitative estimate of drug-likeness (QED) is 0.312. The summed E-state index contributed by atoms with van der Waals surface area (Å²) in [5.74, 6) is 1.63. The molecule has 216 valence electrons. The van der Waals surface area contributed by atoms with Crippen molar-refractivity contribution in [3.8, 4) is 5.82 Å². The van der Waals surface area contributed by atoms with Gasteiger partial charge in [-0.15, -0.1) is 6.58 Å². The predicted molar refractivity (Wildman–Crippen MR) is 163 cm³/mol. The van der Waals surface area contributed by atoms with E-state index in [1.807, 2.05) is 19.1 Å². The maximum absolute atomic E-state index is 13.5. The number of nitrogens with zero attached hydrogens (tertiary/aromatic N) is 6. The Balaban J connectivity index is 1.23. The third-order valence-corrected chi connectivity index (χ3v) is 9.91. The Labute approximate surface area is 244 Å². The highest BCUT2D eigenvalue weighted by Gasteiger charge is 2.51. The summed E-state index contributed by atoms with van der Waals surface area (Å²) in [6.45, 7) is 8.23. The zero-order chi connectivity index (χ0) is 28.8. The number of hydrogen-bond donors (Lipinski definition) is 2. The summed E-state index contributed by atoms with van der Waals surface area (Å²) in [6.07, 6.45) is 10.4. The molecular weight excluding hydrogens is 526 g/mol. The summed E-state index contributed by atoms with van der Waals surface area (Å²) in [6, 6.07) is 8.51. The van der Waals surface area contributed by atoms with Crippen molar-refractivity contribution in [1.82, 2.24) is 29.2 Å². The van der Waals surface area contributed by atoms with Crippen molar-refractivity contribution in [3.63, 3.8) is 0 Å². The van der Waals surface area contributed by atoms with E-state index in [0.717, 1.165) is 30.8 Å². The molecule has 4 heterocycles. The van der Waals surface area contributed by atoms with Gasteiger partial charge in [0.25, 0.3) is 5.56 Å². The van der Waals surface area contributed by atoms with Gasteiger partial charge in [0.15, 0.2) is 11.5 Å². The molecular formula is C33H37N7O2. The molecule has 1 atom stereocenters. The van der Waals surface area contributed by atoms with Crippen molar-refractivity contribution in [3.05, 3.63) is 81.4 Å². The van der Waals surface area contributed by atoms with E-state index in [1.165, 1.54) is 36.8 Å². The zero-order valence-corrected chi connectivity index (χ0v) is 24.4. The monoisotopic (exact) mass is 563 g/mol. The van der Waals surface area contributed by atoms with Gasteiger partial charge in [-0.05, 0) is 98.4 Å². The average molecular weight is 564 g/mol. The lowest BCUT2D eigenvalue weighted by Gasteiger charge is -2.35. The second-order valence-electron chi connectivity index (χ2n) is 12.9. The van der Waals surface area contributed by atoms with Crippen LogP contribution in [0.15, 0.2) is 47.9 Å². The highest BCUT2D eigenvalue weighted by Crippen LogP contribution is 2.57. The molecule has 9 nitrogen and oxygen atoms in total. The van der Waals surface area contributed by atoms with Crippen molar-refractivity contribution < 1.29 is 5.11 Å². The van der Waals surface area contributed by atoms with Gasteiger partial charge in [0, 0.05) is 30.4 Å². The normalized spacial score (nSPS) is 22.4. The lowest BCUT2D eigenvalue weighted by molar-refractivity contribution is 0.0306. The fourth-order valence-electron chi connectivity index (χ4n) is 7.53. The van der Waals surface area contributed by atoms with E-state index in [2.05, 4.69) is 41.0 Å². The molecule has 1 unspecified atom stereocenters. The van der Waals surface area contributed by atoms with Gasteiger partial charge in [0.2, 0.25) is 5.95 Å². The van der Waals surface area contributed by atoms with Crippen LogP contribution in [0.25, 0.3) is 16.9 Å². The molecule has 4 aromatic rings. The van der Waals surface area contributed by atoms with Gasteiger partial charge in [-0.25, -0.2) is 19.3 Å². The van der Waals surface area contributed by atoms with E-state index in [0.29, 0.717) is 59.2 Å². The maximum atomic E-state index is 13.5. The van der Waals surface area contributed by atoms with Gasteiger partial charge in [0.05, 0.1) is 12.2 Å². The number of fused-ring (bicyclic) bond motifs is 4. The lowest BCUT2D eigenvalue weighted by Crippen LogP contribution is -2.36. The largest absolute Gasteiger partial charge is 0.384 e. The molecule has 0 radical (unpaired) electrons. The van der Waals surface area contributed by atoms with Crippen molar-refractivity contribution >= 4 is 22.7 Å². The minimum absolute atomic E-state index is 0.202. The summed E-state index contributed by atoms with van der Waals surface area (Å²) in [7, 11) is 2.22. The molecule has 2 N–H and O–H groups in total. The van der Waals surface area contributed by atoms with Gasteiger partial charge in [-0.2, -0.15) is 4.98 Å². The molecule has 3 aliphatic carbocycles. The molecule has 4 aliphatic rings. The highest BCUT2D eigenvalue weighted by molar-refractivity contribution is 5.77. The third kappa shape index (κ3) is 3.90. The number of benzene rings is 1. The smallest absolute Gasteiger partial charge is 0.278 e. The number of anilines is 2. The number of aliphatic hydroxyl groups is 1. The molecule has 9 heteroatoms. The Morgan fingerprint density at radius 2 is 2.00 bits per heavy atom. The number of pyridine rings is 1. The van der Waals surface area contributed by atoms with Crippen LogP contribution in [0.4, 0.5) is 11.6 Å². The van der Waals surface area contributed by atoms with Gasteiger partial charge in [-0.3, -0.25) is 4.79 Å². The summed E-state index contributed by atoms with van der Waals surface area (Å²) < 4.78 is 3.33. The highest BCUT2D eigenvalue weighted by atomic mass is 16.3. The first-order valence-corrected chi connectivity index (χ1v) is 15.3. The van der Waals surface area contributed by atoms with Crippen LogP contribution in [0, 0.1) is 0 Å². The molecule has 2 saturated carbocycles. The van der Waals surface area contributed by atoms with Crippen LogP contribution >= 0.6 is 0 Å². The van der Waals surface area contributed by atoms with Crippen LogP contribution in [0.3, 0.4) is 0 Å². The van der Waals surface area contributed by atoms with Crippen molar-refractivity contribution in [2.45, 2.75) is 81.9 Å². The fraction of sp³-hybridized carbons (Fsp3) is 0.455. The molecule has 1 aliphatic heterocycles. The SMILES string of the molecule is C=CCn1c(=O)c2cnc(Nc3cc4c(c(C5CC5)c3)C3(CC3)CN(C)C4)nc2n1-c1ccc2c(n1)C(O)(CC)CC2. The molecule has 8 rings (SSSR count). The number of likely N-dealkylation sites (N-methyl/N-ethyl adjacent to an activating group) is 1. The van der Waals surface area contributed by atoms with Gasteiger partial charge in [-0.1, -0.05) is 19.1 Å². The van der Waals surface area contributed by atoms with Crippen LogP contribution in [0.1, 0.15) is 79.3 Å². The van der Waals surface area contributed by atoms with Gasteiger partial charge >= 0.3 is 0 Å². The van der Waals surface area contributed by atoms with Crippen LogP contribution < -0.4 is 10.9 Å². The predicted octanol–water partition coefficient (Wildman–Crippen LogP) is 4.81. The summed E-state index contributed by atoms with van der Waals surface area (Å²) in [4.78, 5) is 30.3. The summed E-state index contributed by atoms with van der Waals surface area (Å²) in [5, 5.41) is 15.1. The number of hydrogen-bond acceptors (Lipinski definition) is 7. The second kappa shape index (κ2) is 9.09. The first-order chi connectivity index (χ1) is 20.3. The molecule has 1 aromatic carbocycles. The Morgan fingerprint density at radius 3 is 2.74 bits per heavy atom. The van der Waals surface area contributed by atoms with E-state index in [9.17, 15) is 9.90 Å². The van der Waals surface area contributed by atoms with Crippen LogP contribution in [-0.2, 0) is 30.5 Å². The molecule has 2 fully saturated rings. The fourth-order valence-corrected chi connectivity index (χ4v) is 7.53. The van der Waals surface area contributed by atoms with Crippen LogP contribution in [-0.4, -0.2) is 47.9 Å². The minimum Gasteiger partial charge on any atom is -0.384 e. The van der Waals surface area contributed by atoms with Crippen molar-refractivity contribution in [2.24, 2.45) is 0 Å². The summed E-state index contributed by atoms with van der Waals surface area (Å²) in [5.41, 5.74) is 6.90. The average Bonchev–Trinajstić information content (AvgIpc) is 3.91. The van der Waals surface area contributed by atoms with Gasteiger partial charge in [0.1, 0.15) is 11.0 Å². The molecule has 42 heavy (non-hydrogen) atoms. The standard InChI is InChI=1S/C33H37N7O2/c1-4-14-39-30(41)25-17-34-31(37-29(25)40(39)26-9-8-21-10-11-33(42,5-2)28(21)36-26)35-23-15-22-18-38(3)19-32(12-13-32)27(22)24(16-23)20-6-7-20/h4,8-9,15-17,20,42H,1,5-7,10-14,18-19H2,2-3H3,(H,34,35,37). The first kappa shape index (κ1) is 25.9. The van der Waals surface area contributed by atoms with E-state index in [4.69, 9.17) is 9.97 Å². The van der Waals surface area contributed by atoms with Crippen LogP contribution in [0.2, 0.25) is 0 Å². The number of aromatic nitrogens is 5. The van der Waals surface area contributed by atoms with Gasteiger partial charge < -0.3 is 15.3 Å². The topological polar surface area (TPSA) is 101 Å². The number of aryl methyl sites for hydroxylation is 1. The molecule has 1 spiro atoms. The van der Waals surface area contributed by atoms with E-state index in [1.54, 1.807) is 27.2 Å². The summed E-state index contributed by atoms with van der Waals surface area (Å²) >= 11 is 0. The van der Waals surface area contributed by atoms with E-state index in [-0.39, 0.29) is 5.56 Å². The molecule has 3 aromatic heterocycles. The second-order valence-corrected chi connectivity index (χ2v) is 12.9. The first-order valence-electron chi connectivity index (χ1n) is 15.3. The number of rotatable bonds is 7. The minimum atomic E-state index is -0.960. The Morgan fingerprint density at radius 1 is 1.17 bits per heavy atom. The molecule has 0 amide bonds. The number of allylic oxidation sites excluding steroid dienone is 1. The zero-order valence-electron chi connectivity index (χ0n) is 24.4.